The van der Waals surface area contributed by atoms with E-state index in [4.69, 9.17) is 9.84 Å². The molecule has 0 aliphatic rings. The number of carboxylic acids is 1. The second-order valence-corrected chi connectivity index (χ2v) is 6.30. The molecule has 0 saturated heterocycles. The van der Waals surface area contributed by atoms with Crippen LogP contribution in [0.2, 0.25) is 0 Å². The first kappa shape index (κ1) is 16.7. The molecule has 0 bridgehead atoms. The van der Waals surface area contributed by atoms with Crippen LogP contribution >= 0.6 is 11.3 Å². The highest BCUT2D eigenvalue weighted by atomic mass is 32.1. The Bertz CT molecular complexity index is 437. The molecular weight excluding hydrogens is 278 g/mol. The Morgan fingerprint density at radius 1 is 1.45 bits per heavy atom. The van der Waals surface area contributed by atoms with Crippen molar-refractivity contribution in [2.75, 3.05) is 6.61 Å². The Kier molecular flexibility index (Phi) is 6.16. The van der Waals surface area contributed by atoms with Crippen molar-refractivity contribution in [2.45, 2.75) is 45.3 Å². The first-order chi connectivity index (χ1) is 9.28. The summed E-state index contributed by atoms with van der Waals surface area (Å²) < 4.78 is 5.48. The van der Waals surface area contributed by atoms with Gasteiger partial charge in [0.1, 0.15) is 6.04 Å². The molecule has 2 N–H and O–H groups in total. The Morgan fingerprint density at radius 3 is 2.65 bits per heavy atom. The number of thiophene rings is 1. The van der Waals surface area contributed by atoms with Crippen molar-refractivity contribution in [1.29, 1.82) is 0 Å². The molecule has 1 unspecified atom stereocenters. The van der Waals surface area contributed by atoms with Crippen molar-refractivity contribution in [3.8, 4) is 0 Å². The lowest BCUT2D eigenvalue weighted by Gasteiger charge is -2.21. The number of rotatable bonds is 7. The van der Waals surface area contributed by atoms with Gasteiger partial charge in [0, 0.05) is 13.0 Å². The van der Waals surface area contributed by atoms with Crippen molar-refractivity contribution >= 4 is 23.2 Å². The van der Waals surface area contributed by atoms with Crippen LogP contribution in [0.1, 0.15) is 32.8 Å². The number of carbonyl (C=O) groups is 2. The van der Waals surface area contributed by atoms with Gasteiger partial charge in [-0.05, 0) is 43.2 Å². The van der Waals surface area contributed by atoms with E-state index >= 15 is 0 Å². The van der Waals surface area contributed by atoms with Gasteiger partial charge in [-0.1, -0.05) is 0 Å². The summed E-state index contributed by atoms with van der Waals surface area (Å²) in [7, 11) is 0. The topological polar surface area (TPSA) is 75.6 Å². The van der Waals surface area contributed by atoms with Crippen LogP contribution in [0.25, 0.3) is 0 Å². The summed E-state index contributed by atoms with van der Waals surface area (Å²) in [6.07, 6.45) is 0.454. The third-order valence-electron chi connectivity index (χ3n) is 2.52. The minimum absolute atomic E-state index is 0.202. The third kappa shape index (κ3) is 6.68. The molecule has 1 aromatic rings. The van der Waals surface area contributed by atoms with Crippen LogP contribution in [0.4, 0.5) is 0 Å². The number of hydrogen-bond acceptors (Lipinski definition) is 4. The SMILES string of the molecule is CC(C)(C)OCCC(NC(=O)Cc1ccsc1)C(=O)O. The summed E-state index contributed by atoms with van der Waals surface area (Å²) in [4.78, 5) is 22.9. The van der Waals surface area contributed by atoms with Gasteiger partial charge in [-0.2, -0.15) is 11.3 Å². The van der Waals surface area contributed by atoms with Crippen LogP contribution in [0.5, 0.6) is 0 Å². The van der Waals surface area contributed by atoms with Crippen molar-refractivity contribution in [3.63, 3.8) is 0 Å². The molecule has 20 heavy (non-hydrogen) atoms. The van der Waals surface area contributed by atoms with Crippen LogP contribution in [0, 0.1) is 0 Å². The van der Waals surface area contributed by atoms with E-state index in [1.165, 1.54) is 11.3 Å². The van der Waals surface area contributed by atoms with Gasteiger partial charge in [-0.3, -0.25) is 4.79 Å². The van der Waals surface area contributed by atoms with E-state index in [0.717, 1.165) is 5.56 Å². The number of hydrogen-bond donors (Lipinski definition) is 2. The molecule has 112 valence electrons. The molecule has 1 amide bonds. The van der Waals surface area contributed by atoms with E-state index in [1.807, 2.05) is 37.6 Å². The molecule has 0 spiro atoms. The monoisotopic (exact) mass is 299 g/mol. The minimum Gasteiger partial charge on any atom is -0.480 e. The van der Waals surface area contributed by atoms with E-state index in [-0.39, 0.29) is 24.3 Å². The van der Waals surface area contributed by atoms with Gasteiger partial charge >= 0.3 is 5.97 Å². The average molecular weight is 299 g/mol. The predicted molar refractivity (Wildman–Crippen MR) is 77.9 cm³/mol. The molecule has 0 saturated carbocycles. The predicted octanol–water partition coefficient (Wildman–Crippen LogP) is 2.07. The highest BCUT2D eigenvalue weighted by molar-refractivity contribution is 7.07. The van der Waals surface area contributed by atoms with Crippen LogP contribution in [-0.2, 0) is 20.7 Å². The van der Waals surface area contributed by atoms with Crippen LogP contribution in [-0.4, -0.2) is 35.2 Å². The van der Waals surface area contributed by atoms with Gasteiger partial charge in [0.05, 0.1) is 12.0 Å². The quantitative estimate of drug-likeness (QED) is 0.808. The van der Waals surface area contributed by atoms with E-state index in [0.29, 0.717) is 6.61 Å². The van der Waals surface area contributed by atoms with Gasteiger partial charge in [0.25, 0.3) is 0 Å². The summed E-state index contributed by atoms with van der Waals surface area (Å²) in [6, 6.07) is 0.936. The molecule has 1 heterocycles. The minimum atomic E-state index is -1.04. The number of carboxylic acid groups (broad SMARTS) is 1. The standard InChI is InChI=1S/C14H21NO4S/c1-14(2,3)19-6-4-11(13(17)18)15-12(16)8-10-5-7-20-9-10/h5,7,9,11H,4,6,8H2,1-3H3,(H,15,16)(H,17,18). The second kappa shape index (κ2) is 7.40. The highest BCUT2D eigenvalue weighted by Crippen LogP contribution is 2.09. The van der Waals surface area contributed by atoms with Gasteiger partial charge in [-0.15, -0.1) is 0 Å². The summed E-state index contributed by atoms with van der Waals surface area (Å²) >= 11 is 1.51. The van der Waals surface area contributed by atoms with Gasteiger partial charge in [-0.25, -0.2) is 4.79 Å². The summed E-state index contributed by atoms with van der Waals surface area (Å²) in [5.74, 6) is -1.33. The maximum Gasteiger partial charge on any atom is 0.326 e. The van der Waals surface area contributed by atoms with E-state index in [9.17, 15) is 9.59 Å². The Balaban J connectivity index is 2.42. The zero-order valence-corrected chi connectivity index (χ0v) is 12.8. The number of aliphatic carboxylic acids is 1. The first-order valence-corrected chi connectivity index (χ1v) is 7.39. The third-order valence-corrected chi connectivity index (χ3v) is 3.25. The van der Waals surface area contributed by atoms with Crippen LogP contribution in [0.3, 0.4) is 0 Å². The molecule has 1 rings (SSSR count). The number of nitrogens with one attached hydrogen (secondary N) is 1. The molecule has 0 fully saturated rings. The van der Waals surface area contributed by atoms with Crippen molar-refractivity contribution in [1.82, 2.24) is 5.32 Å². The summed E-state index contributed by atoms with van der Waals surface area (Å²) in [6.45, 7) is 5.99. The number of ether oxygens (including phenoxy) is 1. The zero-order valence-electron chi connectivity index (χ0n) is 12.0. The fraction of sp³-hybridized carbons (Fsp3) is 0.571. The maximum atomic E-state index is 11.8. The molecule has 0 aromatic carbocycles. The van der Waals surface area contributed by atoms with Gasteiger partial charge in [0.15, 0.2) is 0 Å². The lowest BCUT2D eigenvalue weighted by Crippen LogP contribution is -2.42. The first-order valence-electron chi connectivity index (χ1n) is 6.45. The smallest absolute Gasteiger partial charge is 0.326 e. The van der Waals surface area contributed by atoms with Crippen molar-refractivity contribution in [3.05, 3.63) is 22.4 Å². The van der Waals surface area contributed by atoms with Crippen molar-refractivity contribution < 1.29 is 19.4 Å². The van der Waals surface area contributed by atoms with E-state index < -0.39 is 12.0 Å². The maximum absolute atomic E-state index is 11.8. The molecule has 6 heteroatoms. The molecule has 0 radical (unpaired) electrons. The summed E-state index contributed by atoms with van der Waals surface area (Å²) in [5, 5.41) is 15.4. The lowest BCUT2D eigenvalue weighted by molar-refractivity contribution is -0.142. The largest absolute Gasteiger partial charge is 0.480 e. The summed E-state index contributed by atoms with van der Waals surface area (Å²) in [5.41, 5.74) is 0.576. The normalized spacial score (nSPS) is 12.9. The van der Waals surface area contributed by atoms with Crippen LogP contribution < -0.4 is 5.32 Å². The van der Waals surface area contributed by atoms with E-state index in [1.54, 1.807) is 0 Å². The fourth-order valence-corrected chi connectivity index (χ4v) is 2.23. The Hall–Kier alpha value is -1.40. The number of carbonyl (C=O) groups excluding carboxylic acids is 1. The molecule has 5 nitrogen and oxygen atoms in total. The zero-order chi connectivity index (χ0) is 15.2. The van der Waals surface area contributed by atoms with Crippen LogP contribution in [0.15, 0.2) is 16.8 Å². The number of amides is 1. The average Bonchev–Trinajstić information content (AvgIpc) is 2.78. The molecule has 1 atom stereocenters. The Morgan fingerprint density at radius 2 is 2.15 bits per heavy atom. The second-order valence-electron chi connectivity index (χ2n) is 5.52. The van der Waals surface area contributed by atoms with Gasteiger partial charge in [0.2, 0.25) is 5.91 Å². The van der Waals surface area contributed by atoms with Crippen molar-refractivity contribution in [2.24, 2.45) is 0 Å². The highest BCUT2D eigenvalue weighted by Gasteiger charge is 2.21. The molecule has 0 aliphatic heterocycles. The fourth-order valence-electron chi connectivity index (χ4n) is 1.56. The molecule has 1 aromatic heterocycles. The molecule has 0 aliphatic carbocycles. The van der Waals surface area contributed by atoms with E-state index in [2.05, 4.69) is 5.32 Å². The lowest BCUT2D eigenvalue weighted by atomic mass is 10.1. The van der Waals surface area contributed by atoms with Gasteiger partial charge < -0.3 is 15.2 Å². The molecular formula is C14H21NO4S. The Labute approximate surface area is 123 Å².